The van der Waals surface area contributed by atoms with E-state index in [9.17, 15) is 4.79 Å². The van der Waals surface area contributed by atoms with E-state index in [0.29, 0.717) is 0 Å². The van der Waals surface area contributed by atoms with E-state index in [4.69, 9.17) is 5.73 Å². The molecular formula is C7H15N3O. The number of nitrogens with zero attached hydrogens (tertiary/aromatic N) is 2. The zero-order valence-electron chi connectivity index (χ0n) is 7.08. The van der Waals surface area contributed by atoms with Crippen LogP contribution in [0.25, 0.3) is 0 Å². The molecule has 1 fully saturated rings. The SMILES string of the molecule is CN1CCN(C)[C@H](C(N)=O)C1. The van der Waals surface area contributed by atoms with Crippen LogP contribution < -0.4 is 5.73 Å². The van der Waals surface area contributed by atoms with Gasteiger partial charge in [-0.2, -0.15) is 0 Å². The lowest BCUT2D eigenvalue weighted by Gasteiger charge is -2.35. The van der Waals surface area contributed by atoms with Crippen molar-refractivity contribution >= 4 is 5.91 Å². The standard InChI is InChI=1S/C7H15N3O/c1-9-3-4-10(2)6(5-9)7(8)11/h6H,3-5H2,1-2H3,(H2,8,11)/t6-/m0/s1. The van der Waals surface area contributed by atoms with E-state index in [0.717, 1.165) is 19.6 Å². The third kappa shape index (κ3) is 1.91. The molecule has 11 heavy (non-hydrogen) atoms. The summed E-state index contributed by atoms with van der Waals surface area (Å²) in [5.74, 6) is -0.223. The smallest absolute Gasteiger partial charge is 0.236 e. The van der Waals surface area contributed by atoms with Gasteiger partial charge in [-0.1, -0.05) is 0 Å². The molecule has 4 heteroatoms. The molecule has 1 aliphatic rings. The molecule has 1 aliphatic heterocycles. The lowest BCUT2D eigenvalue weighted by atomic mass is 10.2. The van der Waals surface area contributed by atoms with Gasteiger partial charge in [0, 0.05) is 19.6 Å². The minimum absolute atomic E-state index is 0.103. The third-order valence-electron chi connectivity index (χ3n) is 2.18. The summed E-state index contributed by atoms with van der Waals surface area (Å²) in [7, 11) is 3.94. The van der Waals surface area contributed by atoms with E-state index in [1.54, 1.807) is 0 Å². The van der Waals surface area contributed by atoms with Crippen molar-refractivity contribution in [2.24, 2.45) is 5.73 Å². The predicted molar refractivity (Wildman–Crippen MR) is 43.1 cm³/mol. The van der Waals surface area contributed by atoms with Crippen LogP contribution in [-0.2, 0) is 4.79 Å². The number of hydrogen-bond donors (Lipinski definition) is 1. The van der Waals surface area contributed by atoms with E-state index in [2.05, 4.69) is 4.90 Å². The number of carbonyl (C=O) groups excluding carboxylic acids is 1. The first kappa shape index (κ1) is 8.49. The summed E-state index contributed by atoms with van der Waals surface area (Å²) in [5, 5.41) is 0. The van der Waals surface area contributed by atoms with Gasteiger partial charge in [0.1, 0.15) is 6.04 Å². The predicted octanol–water partition coefficient (Wildman–Crippen LogP) is -1.28. The molecule has 0 radical (unpaired) electrons. The molecule has 0 aromatic heterocycles. The molecule has 1 heterocycles. The molecule has 1 amide bonds. The molecule has 0 saturated carbocycles. The van der Waals surface area contributed by atoms with Crippen LogP contribution in [0, 0.1) is 0 Å². The van der Waals surface area contributed by atoms with Crippen LogP contribution in [0.1, 0.15) is 0 Å². The summed E-state index contributed by atoms with van der Waals surface area (Å²) in [5.41, 5.74) is 5.21. The van der Waals surface area contributed by atoms with Crippen LogP contribution in [0.2, 0.25) is 0 Å². The summed E-state index contributed by atoms with van der Waals surface area (Å²) in [6.07, 6.45) is 0. The Morgan fingerprint density at radius 2 is 2.09 bits per heavy atom. The van der Waals surface area contributed by atoms with Crippen molar-refractivity contribution in [1.82, 2.24) is 9.80 Å². The first-order chi connectivity index (χ1) is 5.11. The molecule has 0 aromatic carbocycles. The number of nitrogens with two attached hydrogens (primary N) is 1. The first-order valence-electron chi connectivity index (χ1n) is 3.79. The molecule has 0 unspecified atom stereocenters. The second-order valence-corrected chi connectivity index (χ2v) is 3.16. The highest BCUT2D eigenvalue weighted by Gasteiger charge is 2.25. The quantitative estimate of drug-likeness (QED) is 0.515. The van der Waals surface area contributed by atoms with Gasteiger partial charge >= 0.3 is 0 Å². The zero-order valence-corrected chi connectivity index (χ0v) is 7.08. The van der Waals surface area contributed by atoms with Gasteiger partial charge in [-0.25, -0.2) is 0 Å². The van der Waals surface area contributed by atoms with Crippen molar-refractivity contribution in [3.63, 3.8) is 0 Å². The molecule has 0 aliphatic carbocycles. The van der Waals surface area contributed by atoms with Crippen molar-refractivity contribution in [1.29, 1.82) is 0 Å². The van der Waals surface area contributed by atoms with Gasteiger partial charge in [0.05, 0.1) is 0 Å². The van der Waals surface area contributed by atoms with Gasteiger partial charge < -0.3 is 10.6 Å². The fraction of sp³-hybridized carbons (Fsp3) is 0.857. The normalized spacial score (nSPS) is 28.7. The van der Waals surface area contributed by atoms with Gasteiger partial charge in [-0.15, -0.1) is 0 Å². The molecular weight excluding hydrogens is 142 g/mol. The summed E-state index contributed by atoms with van der Waals surface area (Å²) in [6.45, 7) is 2.69. The van der Waals surface area contributed by atoms with E-state index in [-0.39, 0.29) is 11.9 Å². The number of primary amides is 1. The second kappa shape index (κ2) is 3.19. The van der Waals surface area contributed by atoms with Crippen LogP contribution in [0.3, 0.4) is 0 Å². The van der Waals surface area contributed by atoms with E-state index in [1.807, 2.05) is 19.0 Å². The van der Waals surface area contributed by atoms with Gasteiger partial charge in [0.15, 0.2) is 0 Å². The minimum atomic E-state index is -0.223. The number of amides is 1. The van der Waals surface area contributed by atoms with Gasteiger partial charge in [0.25, 0.3) is 0 Å². The Balaban J connectivity index is 2.54. The number of piperazine rings is 1. The van der Waals surface area contributed by atoms with E-state index in [1.165, 1.54) is 0 Å². The molecule has 64 valence electrons. The average Bonchev–Trinajstić information content (AvgIpc) is 1.94. The fourth-order valence-electron chi connectivity index (χ4n) is 1.32. The molecule has 0 spiro atoms. The summed E-state index contributed by atoms with van der Waals surface area (Å²) >= 11 is 0. The maximum Gasteiger partial charge on any atom is 0.236 e. The van der Waals surface area contributed by atoms with Gasteiger partial charge in [-0.05, 0) is 14.1 Å². The monoisotopic (exact) mass is 157 g/mol. The third-order valence-corrected chi connectivity index (χ3v) is 2.18. The highest BCUT2D eigenvalue weighted by Crippen LogP contribution is 2.04. The summed E-state index contributed by atoms with van der Waals surface area (Å²) < 4.78 is 0. The molecule has 2 N–H and O–H groups in total. The lowest BCUT2D eigenvalue weighted by molar-refractivity contribution is -0.124. The molecule has 1 atom stereocenters. The topological polar surface area (TPSA) is 49.6 Å². The molecule has 0 bridgehead atoms. The fourth-order valence-corrected chi connectivity index (χ4v) is 1.32. The van der Waals surface area contributed by atoms with Crippen molar-refractivity contribution in [3.05, 3.63) is 0 Å². The Morgan fingerprint density at radius 1 is 1.45 bits per heavy atom. The largest absolute Gasteiger partial charge is 0.368 e. The number of carbonyl (C=O) groups is 1. The minimum Gasteiger partial charge on any atom is -0.368 e. The van der Waals surface area contributed by atoms with E-state index >= 15 is 0 Å². The van der Waals surface area contributed by atoms with Crippen LogP contribution in [-0.4, -0.2) is 55.5 Å². The second-order valence-electron chi connectivity index (χ2n) is 3.16. The van der Waals surface area contributed by atoms with Crippen LogP contribution in [0.5, 0.6) is 0 Å². The summed E-state index contributed by atoms with van der Waals surface area (Å²) in [6, 6.07) is -0.103. The van der Waals surface area contributed by atoms with Gasteiger partial charge in [0.2, 0.25) is 5.91 Å². The van der Waals surface area contributed by atoms with Crippen molar-refractivity contribution in [2.75, 3.05) is 33.7 Å². The number of hydrogen-bond acceptors (Lipinski definition) is 3. The highest BCUT2D eigenvalue weighted by molar-refractivity contribution is 5.80. The average molecular weight is 157 g/mol. The van der Waals surface area contributed by atoms with Gasteiger partial charge in [-0.3, -0.25) is 9.69 Å². The maximum atomic E-state index is 10.9. The van der Waals surface area contributed by atoms with Crippen molar-refractivity contribution in [3.8, 4) is 0 Å². The Labute approximate surface area is 66.9 Å². The highest BCUT2D eigenvalue weighted by atomic mass is 16.1. The molecule has 1 rings (SSSR count). The van der Waals surface area contributed by atoms with Crippen molar-refractivity contribution < 1.29 is 4.79 Å². The van der Waals surface area contributed by atoms with Crippen LogP contribution in [0.4, 0.5) is 0 Å². The Bertz CT molecular complexity index is 160. The Kier molecular flexibility index (Phi) is 2.46. The Morgan fingerprint density at radius 3 is 2.55 bits per heavy atom. The lowest BCUT2D eigenvalue weighted by Crippen LogP contribution is -2.55. The molecule has 0 aromatic rings. The zero-order chi connectivity index (χ0) is 8.43. The number of rotatable bonds is 1. The molecule has 1 saturated heterocycles. The first-order valence-corrected chi connectivity index (χ1v) is 3.79. The maximum absolute atomic E-state index is 10.9. The summed E-state index contributed by atoms with van der Waals surface area (Å²) in [4.78, 5) is 15.0. The van der Waals surface area contributed by atoms with Crippen LogP contribution >= 0.6 is 0 Å². The van der Waals surface area contributed by atoms with E-state index < -0.39 is 0 Å². The Hall–Kier alpha value is -0.610. The number of likely N-dealkylation sites (N-methyl/N-ethyl adjacent to an activating group) is 2. The molecule has 4 nitrogen and oxygen atoms in total. The van der Waals surface area contributed by atoms with Crippen molar-refractivity contribution in [2.45, 2.75) is 6.04 Å². The van der Waals surface area contributed by atoms with Crippen LogP contribution in [0.15, 0.2) is 0 Å².